The summed E-state index contributed by atoms with van der Waals surface area (Å²) in [5, 5.41) is 0. The number of Topliss-reactive ketones (excluding diaryl/α,β-unsaturated/α-hetero) is 1. The van der Waals surface area contributed by atoms with E-state index in [9.17, 15) is 14.4 Å². The van der Waals surface area contributed by atoms with Gasteiger partial charge in [0.2, 0.25) is 0 Å². The minimum atomic E-state index is -0.776. The Morgan fingerprint density at radius 3 is 2.54 bits per heavy atom. The van der Waals surface area contributed by atoms with E-state index in [1.165, 1.54) is 4.90 Å². The molecule has 0 aliphatic carbocycles. The van der Waals surface area contributed by atoms with E-state index in [2.05, 4.69) is 0 Å². The van der Waals surface area contributed by atoms with Crippen LogP contribution in [0.15, 0.2) is 30.3 Å². The molecule has 1 fully saturated rings. The number of hydrogen-bond acceptors (Lipinski definition) is 5. The summed E-state index contributed by atoms with van der Waals surface area (Å²) in [6.07, 6.45) is -0.0478. The summed E-state index contributed by atoms with van der Waals surface area (Å²) in [7, 11) is 0. The Morgan fingerprint density at radius 1 is 1.17 bits per heavy atom. The minimum absolute atomic E-state index is 0. The highest BCUT2D eigenvalue weighted by molar-refractivity contribution is 5.99. The van der Waals surface area contributed by atoms with Crippen molar-refractivity contribution in [3.05, 3.63) is 35.9 Å². The first kappa shape index (κ1) is 20.0. The van der Waals surface area contributed by atoms with Gasteiger partial charge in [-0.25, -0.2) is 4.79 Å². The Labute approximate surface area is 147 Å². The van der Waals surface area contributed by atoms with Gasteiger partial charge in [0.15, 0.2) is 0 Å². The standard InChI is InChI=1S/C17H21NO5.ClH/c1-2-22-16(20)14-8-10-18(11-9-15(14)19)17(21)23-12-13-6-4-3-5-7-13;/h3-7,14H,2,8-12H2,1H3;1H. The van der Waals surface area contributed by atoms with E-state index in [-0.39, 0.29) is 50.8 Å². The van der Waals surface area contributed by atoms with Crippen molar-refractivity contribution in [3.8, 4) is 0 Å². The van der Waals surface area contributed by atoms with Gasteiger partial charge in [-0.1, -0.05) is 30.3 Å². The largest absolute Gasteiger partial charge is 0.465 e. The first-order valence-electron chi connectivity index (χ1n) is 7.76. The third kappa shape index (κ3) is 5.53. The van der Waals surface area contributed by atoms with E-state index in [0.29, 0.717) is 6.54 Å². The zero-order valence-electron chi connectivity index (χ0n) is 13.6. The fourth-order valence-electron chi connectivity index (χ4n) is 2.46. The molecule has 1 aromatic carbocycles. The van der Waals surface area contributed by atoms with Crippen molar-refractivity contribution in [1.29, 1.82) is 0 Å². The highest BCUT2D eigenvalue weighted by Crippen LogP contribution is 2.17. The maximum atomic E-state index is 12.1. The molecule has 0 bridgehead atoms. The van der Waals surface area contributed by atoms with Gasteiger partial charge in [-0.15, -0.1) is 12.4 Å². The Balaban J connectivity index is 0.00000288. The summed E-state index contributed by atoms with van der Waals surface area (Å²) >= 11 is 0. The van der Waals surface area contributed by atoms with Gasteiger partial charge in [0.1, 0.15) is 18.3 Å². The number of esters is 1. The summed E-state index contributed by atoms with van der Waals surface area (Å²) in [5.41, 5.74) is 0.899. The van der Waals surface area contributed by atoms with E-state index < -0.39 is 18.0 Å². The number of halogens is 1. The van der Waals surface area contributed by atoms with Gasteiger partial charge < -0.3 is 14.4 Å². The van der Waals surface area contributed by atoms with Crippen molar-refractivity contribution in [1.82, 2.24) is 4.90 Å². The van der Waals surface area contributed by atoms with E-state index in [0.717, 1.165) is 5.56 Å². The van der Waals surface area contributed by atoms with Crippen LogP contribution in [0, 0.1) is 5.92 Å². The van der Waals surface area contributed by atoms with Crippen LogP contribution >= 0.6 is 12.4 Å². The lowest BCUT2D eigenvalue weighted by molar-refractivity contribution is -0.151. The highest BCUT2D eigenvalue weighted by Gasteiger charge is 2.32. The van der Waals surface area contributed by atoms with Crippen LogP contribution < -0.4 is 0 Å². The number of rotatable bonds is 4. The van der Waals surface area contributed by atoms with Crippen LogP contribution in [0.1, 0.15) is 25.3 Å². The van der Waals surface area contributed by atoms with Gasteiger partial charge in [0, 0.05) is 19.5 Å². The average molecular weight is 356 g/mol. The second kappa shape index (κ2) is 9.93. The molecule has 1 aromatic rings. The van der Waals surface area contributed by atoms with E-state index >= 15 is 0 Å². The summed E-state index contributed by atoms with van der Waals surface area (Å²) in [6, 6.07) is 9.38. The Kier molecular flexibility index (Phi) is 8.26. The lowest BCUT2D eigenvalue weighted by Crippen LogP contribution is -2.32. The molecule has 1 saturated heterocycles. The monoisotopic (exact) mass is 355 g/mol. The molecule has 1 aliphatic heterocycles. The highest BCUT2D eigenvalue weighted by atomic mass is 35.5. The third-order valence-corrected chi connectivity index (χ3v) is 3.74. The van der Waals surface area contributed by atoms with Gasteiger partial charge in [0.25, 0.3) is 0 Å². The van der Waals surface area contributed by atoms with Crippen molar-refractivity contribution in [2.75, 3.05) is 19.7 Å². The molecule has 1 atom stereocenters. The number of likely N-dealkylation sites (tertiary alicyclic amines) is 1. The molecule has 2 rings (SSSR count). The number of hydrogen-bond donors (Lipinski definition) is 0. The number of amides is 1. The van der Waals surface area contributed by atoms with Gasteiger partial charge in [-0.2, -0.15) is 0 Å². The average Bonchev–Trinajstić information content (AvgIpc) is 2.76. The molecule has 0 N–H and O–H groups in total. The predicted molar refractivity (Wildman–Crippen MR) is 89.8 cm³/mol. The maximum Gasteiger partial charge on any atom is 0.410 e. The Morgan fingerprint density at radius 2 is 1.88 bits per heavy atom. The number of carbonyl (C=O) groups is 3. The SMILES string of the molecule is CCOC(=O)C1CCN(C(=O)OCc2ccccc2)CCC1=O.Cl. The second-order valence-electron chi connectivity index (χ2n) is 5.34. The first-order chi connectivity index (χ1) is 11.1. The summed E-state index contributed by atoms with van der Waals surface area (Å²) in [4.78, 5) is 37.4. The fourth-order valence-corrected chi connectivity index (χ4v) is 2.46. The molecule has 132 valence electrons. The van der Waals surface area contributed by atoms with E-state index in [1.54, 1.807) is 6.92 Å². The predicted octanol–water partition coefficient (Wildman–Crippen LogP) is 2.59. The van der Waals surface area contributed by atoms with Crippen LogP contribution in [0.4, 0.5) is 4.79 Å². The molecule has 0 aromatic heterocycles. The number of carbonyl (C=O) groups excluding carboxylic acids is 3. The number of nitrogens with zero attached hydrogens (tertiary/aromatic N) is 1. The number of benzene rings is 1. The van der Waals surface area contributed by atoms with Crippen molar-refractivity contribution < 1.29 is 23.9 Å². The minimum Gasteiger partial charge on any atom is -0.465 e. The molecule has 0 spiro atoms. The van der Waals surface area contributed by atoms with Gasteiger partial charge >= 0.3 is 12.1 Å². The van der Waals surface area contributed by atoms with E-state index in [1.807, 2.05) is 30.3 Å². The molecule has 6 nitrogen and oxygen atoms in total. The van der Waals surface area contributed by atoms with Gasteiger partial charge in [-0.05, 0) is 18.9 Å². The molecular weight excluding hydrogens is 334 g/mol. The zero-order chi connectivity index (χ0) is 16.7. The van der Waals surface area contributed by atoms with Gasteiger partial charge in [-0.3, -0.25) is 9.59 Å². The van der Waals surface area contributed by atoms with Crippen LogP contribution in [0.2, 0.25) is 0 Å². The molecule has 24 heavy (non-hydrogen) atoms. The van der Waals surface area contributed by atoms with Crippen molar-refractivity contribution in [3.63, 3.8) is 0 Å². The van der Waals surface area contributed by atoms with Crippen LogP contribution in [-0.2, 0) is 25.7 Å². The molecular formula is C17H22ClNO5. The van der Waals surface area contributed by atoms with Crippen molar-refractivity contribution in [2.45, 2.75) is 26.4 Å². The lowest BCUT2D eigenvalue weighted by Gasteiger charge is -2.19. The number of ketones is 1. The van der Waals surface area contributed by atoms with Crippen LogP contribution in [0.25, 0.3) is 0 Å². The molecule has 1 heterocycles. The second-order valence-corrected chi connectivity index (χ2v) is 5.34. The van der Waals surface area contributed by atoms with Gasteiger partial charge in [0.05, 0.1) is 6.61 Å². The summed E-state index contributed by atoms with van der Waals surface area (Å²) in [5.74, 6) is -1.46. The topological polar surface area (TPSA) is 72.9 Å². The molecule has 7 heteroatoms. The number of ether oxygens (including phenoxy) is 2. The lowest BCUT2D eigenvalue weighted by atomic mass is 10.00. The smallest absolute Gasteiger partial charge is 0.410 e. The molecule has 1 unspecified atom stereocenters. The molecule has 0 radical (unpaired) electrons. The fraction of sp³-hybridized carbons (Fsp3) is 0.471. The zero-order valence-corrected chi connectivity index (χ0v) is 14.4. The van der Waals surface area contributed by atoms with E-state index in [4.69, 9.17) is 9.47 Å². The van der Waals surface area contributed by atoms with Crippen molar-refractivity contribution >= 4 is 30.3 Å². The Bertz CT molecular complexity index is 563. The van der Waals surface area contributed by atoms with Crippen LogP contribution in [-0.4, -0.2) is 42.4 Å². The molecule has 0 saturated carbocycles. The van der Waals surface area contributed by atoms with Crippen LogP contribution in [0.5, 0.6) is 0 Å². The Hall–Kier alpha value is -2.08. The van der Waals surface area contributed by atoms with Crippen LogP contribution in [0.3, 0.4) is 0 Å². The summed E-state index contributed by atoms with van der Waals surface area (Å²) < 4.78 is 10.2. The third-order valence-electron chi connectivity index (χ3n) is 3.74. The maximum absolute atomic E-state index is 12.1. The first-order valence-corrected chi connectivity index (χ1v) is 7.76. The quantitative estimate of drug-likeness (QED) is 0.613. The van der Waals surface area contributed by atoms with Crippen molar-refractivity contribution in [2.24, 2.45) is 5.92 Å². The molecule has 1 amide bonds. The molecule has 1 aliphatic rings. The normalized spacial score (nSPS) is 17.5. The summed E-state index contributed by atoms with van der Waals surface area (Å²) in [6.45, 7) is 2.70.